The molecule has 0 aliphatic carbocycles. The maximum Gasteiger partial charge on any atom is 1.00 e. The molecule has 3 rings (SSSR count). The molecule has 3 aromatic rings. The summed E-state index contributed by atoms with van der Waals surface area (Å²) in [7, 11) is 0. The van der Waals surface area contributed by atoms with Gasteiger partial charge in [0, 0.05) is 0 Å². The number of carboxylic acids is 1. The summed E-state index contributed by atoms with van der Waals surface area (Å²) in [5.74, 6) is -1.35. The third-order valence-corrected chi connectivity index (χ3v) is 4.73. The van der Waals surface area contributed by atoms with E-state index in [2.05, 4.69) is 5.32 Å². The predicted octanol–water partition coefficient (Wildman–Crippen LogP) is -0.929. The van der Waals surface area contributed by atoms with Crippen molar-refractivity contribution in [2.24, 2.45) is 0 Å². The van der Waals surface area contributed by atoms with Crippen molar-refractivity contribution in [2.75, 3.05) is 0 Å². The monoisotopic (exact) mass is 383 g/mol. The van der Waals surface area contributed by atoms with Gasteiger partial charge in [-0.2, -0.15) is 0 Å². The maximum absolute atomic E-state index is 11.8. The van der Waals surface area contributed by atoms with Crippen LogP contribution in [0, 0.1) is 0 Å². The molecular weight excluding hydrogens is 361 g/mol. The molecule has 0 spiro atoms. The van der Waals surface area contributed by atoms with Gasteiger partial charge in [-0.05, 0) is 23.6 Å². The molecule has 4 nitrogen and oxygen atoms in total. The van der Waals surface area contributed by atoms with Crippen molar-refractivity contribution in [3.8, 4) is 0 Å². The van der Waals surface area contributed by atoms with Crippen LogP contribution in [0.5, 0.6) is 0 Å². The number of aliphatic hydroxyl groups excluding tert-OH is 1. The number of hydrogen-bond donors (Lipinski definition) is 2. The summed E-state index contributed by atoms with van der Waals surface area (Å²) < 4.78 is 0. The average molecular weight is 383 g/mol. The minimum absolute atomic E-state index is 0. The number of carbonyl (C=O) groups is 1. The molecule has 0 aliphatic rings. The van der Waals surface area contributed by atoms with Gasteiger partial charge in [0.15, 0.2) is 0 Å². The Kier molecular flexibility index (Phi) is 7.98. The molecule has 2 atom stereocenters. The Hall–Kier alpha value is -1.95. The van der Waals surface area contributed by atoms with Gasteiger partial charge in [-0.1, -0.05) is 91.0 Å². The quantitative estimate of drug-likeness (QED) is 0.409. The van der Waals surface area contributed by atoms with Crippen LogP contribution in [-0.2, 0) is 10.3 Å². The minimum atomic E-state index is -1.35. The van der Waals surface area contributed by atoms with Crippen LogP contribution in [0.3, 0.4) is 0 Å². The molecule has 0 bridgehead atoms. The predicted molar refractivity (Wildman–Crippen MR) is 103 cm³/mol. The third kappa shape index (κ3) is 4.54. The van der Waals surface area contributed by atoms with Gasteiger partial charge in [-0.25, -0.2) is 0 Å². The first-order chi connectivity index (χ1) is 13.1. The molecule has 0 aromatic heterocycles. The Morgan fingerprint density at radius 3 is 1.39 bits per heavy atom. The molecule has 0 radical (unpaired) electrons. The zero-order valence-electron chi connectivity index (χ0n) is 16.1. The van der Waals surface area contributed by atoms with Gasteiger partial charge >= 0.3 is 29.6 Å². The summed E-state index contributed by atoms with van der Waals surface area (Å²) in [5.41, 5.74) is 1.64. The van der Waals surface area contributed by atoms with Crippen molar-refractivity contribution >= 4 is 5.97 Å². The van der Waals surface area contributed by atoms with Crippen LogP contribution in [0.1, 0.15) is 23.6 Å². The Morgan fingerprint density at radius 2 is 1.14 bits per heavy atom. The second kappa shape index (κ2) is 10.0. The number of nitrogens with one attached hydrogen (secondary N) is 1. The summed E-state index contributed by atoms with van der Waals surface area (Å²) in [4.78, 5) is 11.8. The summed E-state index contributed by atoms with van der Waals surface area (Å²) >= 11 is 0. The largest absolute Gasteiger partial charge is 1.00 e. The Bertz CT molecular complexity index is 773. The van der Waals surface area contributed by atoms with Crippen molar-refractivity contribution in [2.45, 2.75) is 24.6 Å². The van der Waals surface area contributed by atoms with Gasteiger partial charge in [0.05, 0.1) is 23.7 Å². The van der Waals surface area contributed by atoms with Crippen LogP contribution in [0.4, 0.5) is 0 Å². The van der Waals surface area contributed by atoms with Crippen molar-refractivity contribution < 1.29 is 44.6 Å². The smallest absolute Gasteiger partial charge is 0.548 e. The van der Waals surface area contributed by atoms with E-state index in [1.54, 1.807) is 0 Å². The minimum Gasteiger partial charge on any atom is -0.548 e. The fourth-order valence-corrected chi connectivity index (χ4v) is 3.42. The van der Waals surface area contributed by atoms with Crippen LogP contribution in [-0.4, -0.2) is 23.2 Å². The molecule has 0 heterocycles. The number of carboxylic acid groups (broad SMARTS) is 1. The molecular formula is C23H22NNaO3. The van der Waals surface area contributed by atoms with E-state index >= 15 is 0 Å². The van der Waals surface area contributed by atoms with Gasteiger partial charge in [0.1, 0.15) is 0 Å². The molecule has 0 amide bonds. The molecule has 0 saturated carbocycles. The van der Waals surface area contributed by atoms with Crippen molar-refractivity contribution in [1.82, 2.24) is 5.32 Å². The van der Waals surface area contributed by atoms with E-state index in [1.807, 2.05) is 91.0 Å². The van der Waals surface area contributed by atoms with E-state index in [9.17, 15) is 15.0 Å². The van der Waals surface area contributed by atoms with Crippen LogP contribution in [0.25, 0.3) is 0 Å². The molecule has 2 N–H and O–H groups in total. The van der Waals surface area contributed by atoms with E-state index in [-0.39, 0.29) is 29.6 Å². The second-order valence-electron chi connectivity index (χ2n) is 6.53. The fourth-order valence-electron chi connectivity index (χ4n) is 3.42. The van der Waals surface area contributed by atoms with Gasteiger partial charge in [0.2, 0.25) is 0 Å². The summed E-state index contributed by atoms with van der Waals surface area (Å²) in [6.45, 7) is 1.44. The van der Waals surface area contributed by atoms with E-state index in [0.717, 1.165) is 16.7 Å². The molecule has 0 unspecified atom stereocenters. The van der Waals surface area contributed by atoms with E-state index in [0.29, 0.717) is 0 Å². The maximum atomic E-state index is 11.8. The Balaban J connectivity index is 0.00000280. The number of rotatable bonds is 7. The molecule has 0 aliphatic heterocycles. The molecule has 28 heavy (non-hydrogen) atoms. The van der Waals surface area contributed by atoms with Crippen LogP contribution < -0.4 is 40.0 Å². The standard InChI is InChI=1S/C23H23NO3.Na/c1-17(25)21(22(26)27)24-23(18-11-5-2-6-12-18,19-13-7-3-8-14-19)20-15-9-4-10-16-20;/h2-17,21,24-25H,1H3,(H,26,27);/q;+1/p-1/t17-,21-;/m0./s1. The average Bonchev–Trinajstić information content (AvgIpc) is 2.70. The third-order valence-electron chi connectivity index (χ3n) is 4.73. The van der Waals surface area contributed by atoms with Crippen molar-refractivity contribution in [3.05, 3.63) is 108 Å². The molecule has 138 valence electrons. The Morgan fingerprint density at radius 1 is 0.821 bits per heavy atom. The molecule has 0 saturated heterocycles. The molecule has 3 aromatic carbocycles. The zero-order valence-corrected chi connectivity index (χ0v) is 18.1. The first-order valence-electron chi connectivity index (χ1n) is 8.89. The van der Waals surface area contributed by atoms with Crippen LogP contribution in [0.15, 0.2) is 91.0 Å². The van der Waals surface area contributed by atoms with E-state index < -0.39 is 23.7 Å². The first kappa shape index (κ1) is 22.3. The van der Waals surface area contributed by atoms with E-state index in [1.165, 1.54) is 6.92 Å². The summed E-state index contributed by atoms with van der Waals surface area (Å²) in [5, 5.41) is 25.1. The van der Waals surface area contributed by atoms with Crippen molar-refractivity contribution in [1.29, 1.82) is 0 Å². The normalized spacial score (nSPS) is 13.2. The van der Waals surface area contributed by atoms with Gasteiger partial charge in [0.25, 0.3) is 0 Å². The first-order valence-corrected chi connectivity index (χ1v) is 8.89. The summed E-state index contributed by atoms with van der Waals surface area (Å²) in [6.07, 6.45) is -1.13. The van der Waals surface area contributed by atoms with Crippen LogP contribution in [0.2, 0.25) is 0 Å². The fraction of sp³-hybridized carbons (Fsp3) is 0.174. The number of aliphatic hydroxyl groups is 1. The Labute approximate surface area is 187 Å². The molecule has 5 heteroatoms. The zero-order chi connectivity index (χ0) is 19.3. The van der Waals surface area contributed by atoms with Gasteiger partial charge in [-0.15, -0.1) is 0 Å². The summed E-state index contributed by atoms with van der Waals surface area (Å²) in [6, 6.07) is 27.6. The second-order valence-corrected chi connectivity index (χ2v) is 6.53. The molecule has 0 fully saturated rings. The van der Waals surface area contributed by atoms with E-state index in [4.69, 9.17) is 0 Å². The number of hydrogen-bond acceptors (Lipinski definition) is 4. The van der Waals surface area contributed by atoms with Crippen LogP contribution >= 0.6 is 0 Å². The topological polar surface area (TPSA) is 72.4 Å². The number of carbonyl (C=O) groups excluding carboxylic acids is 1. The number of aliphatic carboxylic acids is 1. The van der Waals surface area contributed by atoms with Gasteiger partial charge in [-0.3, -0.25) is 5.32 Å². The van der Waals surface area contributed by atoms with Gasteiger partial charge < -0.3 is 15.0 Å². The SMILES string of the molecule is C[C@H](O)[C@H](NC(c1ccccc1)(c1ccccc1)c1ccccc1)C(=O)[O-].[Na+]. The van der Waals surface area contributed by atoms with Crippen molar-refractivity contribution in [3.63, 3.8) is 0 Å². The number of benzene rings is 3.